The Morgan fingerprint density at radius 1 is 0.971 bits per heavy atom. The van der Waals surface area contributed by atoms with Gasteiger partial charge in [0.1, 0.15) is 5.75 Å². The lowest BCUT2D eigenvalue weighted by Gasteiger charge is -2.36. The summed E-state index contributed by atoms with van der Waals surface area (Å²) in [6.45, 7) is 2.18. The van der Waals surface area contributed by atoms with Gasteiger partial charge >= 0.3 is 0 Å². The molecule has 3 aromatic rings. The minimum Gasteiger partial charge on any atom is -1.00 e. The molecule has 1 aliphatic rings. The fourth-order valence-corrected chi connectivity index (χ4v) is 4.86. The van der Waals surface area contributed by atoms with Crippen LogP contribution in [0.5, 0.6) is 5.75 Å². The minimum absolute atomic E-state index is 0. The lowest BCUT2D eigenvalue weighted by atomic mass is 9.73. The van der Waals surface area contributed by atoms with Crippen LogP contribution in [0.3, 0.4) is 0 Å². The molecule has 1 aliphatic carbocycles. The number of aliphatic hydroxyl groups is 1. The van der Waals surface area contributed by atoms with Crippen molar-refractivity contribution in [2.45, 2.75) is 50.7 Å². The first-order valence-electron chi connectivity index (χ1n) is 12.1. The van der Waals surface area contributed by atoms with E-state index in [0.717, 1.165) is 50.0 Å². The normalized spacial score (nSPS) is 16.4. The molecule has 6 nitrogen and oxygen atoms in total. The van der Waals surface area contributed by atoms with Crippen LogP contribution < -0.4 is 21.7 Å². The third-order valence-electron chi connectivity index (χ3n) is 6.69. The van der Waals surface area contributed by atoms with E-state index < -0.39 is 5.60 Å². The molecule has 0 bridgehead atoms. The van der Waals surface area contributed by atoms with Gasteiger partial charge in [-0.3, -0.25) is 0 Å². The minimum atomic E-state index is -1.24. The van der Waals surface area contributed by atoms with Gasteiger partial charge in [0.05, 0.1) is 27.2 Å². The number of para-hydroxylation sites is 1. The van der Waals surface area contributed by atoms with Gasteiger partial charge in [-0.2, -0.15) is 0 Å². The summed E-state index contributed by atoms with van der Waals surface area (Å²) >= 11 is 0. The summed E-state index contributed by atoms with van der Waals surface area (Å²) < 4.78 is 12.7. The van der Waals surface area contributed by atoms with Crippen LogP contribution in [0.15, 0.2) is 65.1 Å². The van der Waals surface area contributed by atoms with Crippen molar-refractivity contribution in [3.05, 3.63) is 78.0 Å². The molecule has 1 N–H and O–H groups in total. The molecule has 4 rings (SSSR count). The first-order valence-corrected chi connectivity index (χ1v) is 12.1. The van der Waals surface area contributed by atoms with Crippen LogP contribution in [0, 0.1) is 5.92 Å². The van der Waals surface area contributed by atoms with Crippen molar-refractivity contribution in [3.8, 4) is 5.75 Å². The first-order chi connectivity index (χ1) is 16.0. The Kier molecular flexibility index (Phi) is 9.28. The van der Waals surface area contributed by atoms with E-state index in [2.05, 4.69) is 24.3 Å². The second-order valence-corrected chi connectivity index (χ2v) is 9.80. The molecule has 184 valence electrons. The molecule has 1 aromatic heterocycles. The molecular formula is C27H36BrN3O3. The highest BCUT2D eigenvalue weighted by atomic mass is 79.9. The molecule has 0 saturated heterocycles. The van der Waals surface area contributed by atoms with Crippen molar-refractivity contribution in [2.24, 2.45) is 5.92 Å². The van der Waals surface area contributed by atoms with E-state index >= 15 is 0 Å². The maximum Gasteiger partial charge on any atom is 0.271 e. The van der Waals surface area contributed by atoms with Crippen LogP contribution in [0.1, 0.15) is 55.9 Å². The third kappa shape index (κ3) is 6.46. The maximum atomic E-state index is 12.0. The molecule has 1 atom stereocenters. The van der Waals surface area contributed by atoms with Crippen molar-refractivity contribution in [1.82, 2.24) is 10.2 Å². The molecular weight excluding hydrogens is 494 g/mol. The SMILES string of the molecule is C[N+](C)(CCCOc1ccccc1)Cc1nnc(C(O)(c2ccccc2)C2CCCCC2)o1.[Br-]. The number of hydrogen-bond donors (Lipinski definition) is 1. The molecule has 0 amide bonds. The van der Waals surface area contributed by atoms with Crippen LogP contribution in [-0.2, 0) is 12.1 Å². The molecule has 2 aromatic carbocycles. The number of ether oxygens (including phenoxy) is 1. The van der Waals surface area contributed by atoms with Crippen molar-refractivity contribution in [3.63, 3.8) is 0 Å². The highest BCUT2D eigenvalue weighted by Gasteiger charge is 2.45. The molecule has 7 heteroatoms. The average molecular weight is 531 g/mol. The smallest absolute Gasteiger partial charge is 0.271 e. The van der Waals surface area contributed by atoms with Crippen molar-refractivity contribution >= 4 is 0 Å². The summed E-state index contributed by atoms with van der Waals surface area (Å²) in [4.78, 5) is 0. The zero-order valence-corrected chi connectivity index (χ0v) is 21.8. The molecule has 0 aliphatic heterocycles. The largest absolute Gasteiger partial charge is 1.00 e. The second kappa shape index (κ2) is 12.0. The highest BCUT2D eigenvalue weighted by Crippen LogP contribution is 2.43. The number of halogens is 1. The van der Waals surface area contributed by atoms with E-state index in [-0.39, 0.29) is 22.9 Å². The first kappa shape index (κ1) is 26.4. The highest BCUT2D eigenvalue weighted by molar-refractivity contribution is 5.29. The van der Waals surface area contributed by atoms with Crippen molar-refractivity contribution < 1.29 is 35.7 Å². The summed E-state index contributed by atoms with van der Waals surface area (Å²) in [7, 11) is 4.30. The van der Waals surface area contributed by atoms with E-state index in [4.69, 9.17) is 9.15 Å². The Morgan fingerprint density at radius 2 is 1.62 bits per heavy atom. The fourth-order valence-electron chi connectivity index (χ4n) is 4.86. The van der Waals surface area contributed by atoms with E-state index in [1.54, 1.807) is 0 Å². The zero-order chi connectivity index (χ0) is 23.2. The summed E-state index contributed by atoms with van der Waals surface area (Å²) in [5.74, 6) is 1.86. The van der Waals surface area contributed by atoms with Crippen molar-refractivity contribution in [1.29, 1.82) is 0 Å². The summed E-state index contributed by atoms with van der Waals surface area (Å²) in [5, 5.41) is 20.7. The Labute approximate surface area is 213 Å². The quantitative estimate of drug-likeness (QED) is 0.321. The van der Waals surface area contributed by atoms with E-state index in [9.17, 15) is 5.11 Å². The average Bonchev–Trinajstić information content (AvgIpc) is 3.31. The van der Waals surface area contributed by atoms with Gasteiger partial charge in [-0.25, -0.2) is 0 Å². The van der Waals surface area contributed by atoms with Gasteiger partial charge in [0, 0.05) is 12.3 Å². The van der Waals surface area contributed by atoms with Gasteiger partial charge in [-0.1, -0.05) is 67.8 Å². The Morgan fingerprint density at radius 3 is 2.29 bits per heavy atom. The number of aromatic nitrogens is 2. The third-order valence-corrected chi connectivity index (χ3v) is 6.69. The summed E-state index contributed by atoms with van der Waals surface area (Å²) in [6, 6.07) is 19.7. The molecule has 0 spiro atoms. The lowest BCUT2D eigenvalue weighted by molar-refractivity contribution is -0.905. The predicted octanol–water partition coefficient (Wildman–Crippen LogP) is 1.94. The van der Waals surface area contributed by atoms with Gasteiger partial charge in [-0.15, -0.1) is 10.2 Å². The standard InChI is InChI=1S/C27H36N3O3.BrH/c1-30(2,19-12-20-32-24-17-10-5-11-18-24)21-25-28-29-26(33-25)27(31,22-13-6-3-7-14-22)23-15-8-4-9-16-23;/h3,5-7,10-11,13-14,17-18,23,31H,4,8-9,12,15-16,19-21H2,1-2H3;1H/q+1;/p-1. The van der Waals surface area contributed by atoms with Crippen LogP contribution in [0.2, 0.25) is 0 Å². The number of quaternary nitrogens is 1. The van der Waals surface area contributed by atoms with Crippen molar-refractivity contribution in [2.75, 3.05) is 27.2 Å². The van der Waals surface area contributed by atoms with E-state index in [0.29, 0.717) is 29.4 Å². The van der Waals surface area contributed by atoms with Crippen LogP contribution in [0.4, 0.5) is 0 Å². The summed E-state index contributed by atoms with van der Waals surface area (Å²) in [6.07, 6.45) is 6.30. The van der Waals surface area contributed by atoms with Crippen LogP contribution >= 0.6 is 0 Å². The number of nitrogens with zero attached hydrogens (tertiary/aromatic N) is 3. The topological polar surface area (TPSA) is 68.4 Å². The fraction of sp³-hybridized carbons (Fsp3) is 0.481. The zero-order valence-electron chi connectivity index (χ0n) is 20.2. The van der Waals surface area contributed by atoms with Gasteiger partial charge < -0.3 is 35.7 Å². The lowest BCUT2D eigenvalue weighted by Crippen LogP contribution is -3.00. The van der Waals surface area contributed by atoms with Crippen LogP contribution in [0.25, 0.3) is 0 Å². The van der Waals surface area contributed by atoms with Gasteiger partial charge in [0.15, 0.2) is 12.1 Å². The van der Waals surface area contributed by atoms with Gasteiger partial charge in [-0.05, 0) is 30.5 Å². The van der Waals surface area contributed by atoms with Gasteiger partial charge in [0.25, 0.3) is 11.8 Å². The van der Waals surface area contributed by atoms with Crippen LogP contribution in [-0.4, -0.2) is 47.0 Å². The van der Waals surface area contributed by atoms with Gasteiger partial charge in [0.2, 0.25) is 0 Å². The number of rotatable bonds is 10. The van der Waals surface area contributed by atoms with E-state index in [1.807, 2.05) is 60.7 Å². The number of hydrogen-bond acceptors (Lipinski definition) is 5. The Balaban J connectivity index is 0.00000324. The maximum absolute atomic E-state index is 12.0. The Bertz CT molecular complexity index is 991. The molecule has 1 unspecified atom stereocenters. The summed E-state index contributed by atoms with van der Waals surface area (Å²) in [5.41, 5.74) is -0.410. The second-order valence-electron chi connectivity index (χ2n) is 9.80. The molecule has 1 saturated carbocycles. The molecule has 34 heavy (non-hydrogen) atoms. The molecule has 1 heterocycles. The molecule has 1 fully saturated rings. The number of benzene rings is 2. The van der Waals surface area contributed by atoms with E-state index in [1.165, 1.54) is 6.42 Å². The Hall–Kier alpha value is -2.22. The monoisotopic (exact) mass is 529 g/mol. The predicted molar refractivity (Wildman–Crippen MR) is 128 cm³/mol. The molecule has 0 radical (unpaired) electrons.